The van der Waals surface area contributed by atoms with E-state index in [1.165, 1.54) is 6.07 Å². The molecule has 0 bridgehead atoms. The van der Waals surface area contributed by atoms with Gasteiger partial charge in [0.1, 0.15) is 5.69 Å². The molecule has 1 aliphatic heterocycles. The first-order valence-corrected chi connectivity index (χ1v) is 11.2. The number of anilines is 1. The van der Waals surface area contributed by atoms with E-state index in [1.807, 2.05) is 30.3 Å². The van der Waals surface area contributed by atoms with E-state index in [4.69, 9.17) is 0 Å². The fourth-order valence-corrected chi connectivity index (χ4v) is 5.22. The van der Waals surface area contributed by atoms with Crippen LogP contribution in [-0.4, -0.2) is 36.7 Å². The zero-order valence-corrected chi connectivity index (χ0v) is 16.9. The molecule has 1 aromatic heterocycles. The normalized spacial score (nSPS) is 15.7. The maximum absolute atomic E-state index is 13.0. The van der Waals surface area contributed by atoms with E-state index in [1.54, 1.807) is 28.7 Å². The Hall–Kier alpha value is -2.77. The summed E-state index contributed by atoms with van der Waals surface area (Å²) in [7, 11) is -3.58. The van der Waals surface area contributed by atoms with Crippen LogP contribution in [-0.2, 0) is 10.0 Å². The van der Waals surface area contributed by atoms with Gasteiger partial charge in [-0.15, -0.1) is 0 Å². The molecule has 1 fully saturated rings. The number of nitrogens with one attached hydrogen (secondary N) is 1. The highest BCUT2D eigenvalue weighted by atomic mass is 32.2. The molecule has 7 heteroatoms. The van der Waals surface area contributed by atoms with Crippen molar-refractivity contribution in [2.24, 2.45) is 0 Å². The average molecular weight is 410 g/mol. The van der Waals surface area contributed by atoms with Crippen molar-refractivity contribution in [2.75, 3.05) is 18.4 Å². The van der Waals surface area contributed by atoms with Crippen molar-refractivity contribution in [1.82, 2.24) is 9.29 Å². The Morgan fingerprint density at radius 3 is 2.48 bits per heavy atom. The van der Waals surface area contributed by atoms with Crippen LogP contribution in [0.5, 0.6) is 0 Å². The molecule has 0 unspecified atom stereocenters. The van der Waals surface area contributed by atoms with E-state index in [9.17, 15) is 13.2 Å². The lowest BCUT2D eigenvalue weighted by atomic mass is 10.1. The van der Waals surface area contributed by atoms with Gasteiger partial charge in [0, 0.05) is 30.4 Å². The van der Waals surface area contributed by atoms with E-state index in [-0.39, 0.29) is 10.8 Å². The summed E-state index contributed by atoms with van der Waals surface area (Å²) in [6.45, 7) is 1.08. The Bertz CT molecular complexity index is 1130. The summed E-state index contributed by atoms with van der Waals surface area (Å²) in [4.78, 5) is 17.2. The van der Waals surface area contributed by atoms with Gasteiger partial charge in [0.25, 0.3) is 5.91 Å². The number of aromatic nitrogens is 1. The molecule has 0 spiro atoms. The summed E-state index contributed by atoms with van der Waals surface area (Å²) in [5, 5.41) is 4.47. The Morgan fingerprint density at radius 2 is 1.69 bits per heavy atom. The number of amides is 1. The van der Waals surface area contributed by atoms with Gasteiger partial charge in [0.05, 0.1) is 4.90 Å². The van der Waals surface area contributed by atoms with Crippen LogP contribution < -0.4 is 5.32 Å². The molecule has 29 heavy (non-hydrogen) atoms. The molecule has 3 aromatic rings. The molecule has 4 rings (SSSR count). The molecule has 1 N–H and O–H groups in total. The summed E-state index contributed by atoms with van der Waals surface area (Å²) < 4.78 is 27.6. The number of nitrogens with zero attached hydrogens (tertiary/aromatic N) is 2. The Kier molecular flexibility index (Phi) is 5.60. The minimum Gasteiger partial charge on any atom is -0.321 e. The predicted octanol–water partition coefficient (Wildman–Crippen LogP) is 4.05. The van der Waals surface area contributed by atoms with Crippen LogP contribution in [0.15, 0.2) is 65.7 Å². The number of sulfonamides is 1. The Balaban J connectivity index is 1.59. The summed E-state index contributed by atoms with van der Waals surface area (Å²) in [6, 6.07) is 15.8. The fraction of sp³-hybridized carbons (Fsp3) is 0.273. The van der Waals surface area contributed by atoms with Crippen molar-refractivity contribution >= 4 is 32.4 Å². The standard InChI is InChI=1S/C22H23N3O3S/c26-22(21-20-11-4-3-8-17(20)12-13-23-21)24-18-9-7-10-19(16-18)29(27,28)25-14-5-1-2-6-15-25/h3-4,7-13,16H,1-2,5-6,14-15H2,(H,24,26). The van der Waals surface area contributed by atoms with Gasteiger partial charge in [-0.3, -0.25) is 9.78 Å². The number of hydrogen-bond acceptors (Lipinski definition) is 4. The molecule has 0 atom stereocenters. The van der Waals surface area contributed by atoms with Gasteiger partial charge in [-0.25, -0.2) is 8.42 Å². The maximum atomic E-state index is 13.0. The van der Waals surface area contributed by atoms with Crippen LogP contribution in [0.3, 0.4) is 0 Å². The van der Waals surface area contributed by atoms with Crippen LogP contribution in [0.25, 0.3) is 10.8 Å². The zero-order chi connectivity index (χ0) is 20.3. The third-order valence-corrected chi connectivity index (χ3v) is 7.08. The number of rotatable bonds is 4. The predicted molar refractivity (Wildman–Crippen MR) is 113 cm³/mol. The van der Waals surface area contributed by atoms with Crippen LogP contribution >= 0.6 is 0 Å². The topological polar surface area (TPSA) is 79.4 Å². The SMILES string of the molecule is O=C(Nc1cccc(S(=O)(=O)N2CCCCCC2)c1)c1nccc2ccccc12. The number of carbonyl (C=O) groups excluding carboxylic acids is 1. The van der Waals surface area contributed by atoms with Gasteiger partial charge in [-0.05, 0) is 42.5 Å². The van der Waals surface area contributed by atoms with Crippen molar-refractivity contribution in [3.8, 4) is 0 Å². The highest BCUT2D eigenvalue weighted by molar-refractivity contribution is 7.89. The van der Waals surface area contributed by atoms with Crippen molar-refractivity contribution in [3.63, 3.8) is 0 Å². The molecule has 0 saturated carbocycles. The lowest BCUT2D eigenvalue weighted by Crippen LogP contribution is -2.32. The third kappa shape index (κ3) is 4.16. The summed E-state index contributed by atoms with van der Waals surface area (Å²) in [6.07, 6.45) is 5.46. The van der Waals surface area contributed by atoms with Gasteiger partial charge >= 0.3 is 0 Å². The number of carbonyl (C=O) groups is 1. The second-order valence-electron chi connectivity index (χ2n) is 7.18. The van der Waals surface area contributed by atoms with Crippen LogP contribution in [0.1, 0.15) is 36.2 Å². The number of benzene rings is 2. The molecule has 1 aliphatic rings. The largest absolute Gasteiger partial charge is 0.321 e. The Morgan fingerprint density at radius 1 is 0.931 bits per heavy atom. The number of hydrogen-bond donors (Lipinski definition) is 1. The smallest absolute Gasteiger partial charge is 0.274 e. The van der Waals surface area contributed by atoms with Crippen molar-refractivity contribution in [2.45, 2.75) is 30.6 Å². The lowest BCUT2D eigenvalue weighted by Gasteiger charge is -2.20. The minimum atomic E-state index is -3.58. The molecular formula is C22H23N3O3S. The maximum Gasteiger partial charge on any atom is 0.274 e. The molecule has 150 valence electrons. The minimum absolute atomic E-state index is 0.197. The van der Waals surface area contributed by atoms with E-state index < -0.39 is 10.0 Å². The molecule has 6 nitrogen and oxygen atoms in total. The highest BCUT2D eigenvalue weighted by Gasteiger charge is 2.25. The molecule has 0 aliphatic carbocycles. The first-order chi connectivity index (χ1) is 14.1. The van der Waals surface area contributed by atoms with Crippen LogP contribution in [0.4, 0.5) is 5.69 Å². The van der Waals surface area contributed by atoms with Crippen molar-refractivity contribution < 1.29 is 13.2 Å². The van der Waals surface area contributed by atoms with Gasteiger partial charge < -0.3 is 5.32 Å². The van der Waals surface area contributed by atoms with Crippen LogP contribution in [0, 0.1) is 0 Å². The first kappa shape index (κ1) is 19.5. The number of pyridine rings is 1. The van der Waals surface area contributed by atoms with Crippen molar-refractivity contribution in [1.29, 1.82) is 0 Å². The molecular weight excluding hydrogens is 386 g/mol. The van der Waals surface area contributed by atoms with E-state index in [0.717, 1.165) is 36.5 Å². The second kappa shape index (κ2) is 8.31. The van der Waals surface area contributed by atoms with Gasteiger partial charge in [-0.2, -0.15) is 4.31 Å². The zero-order valence-electron chi connectivity index (χ0n) is 16.0. The van der Waals surface area contributed by atoms with Gasteiger partial charge in [-0.1, -0.05) is 43.2 Å². The van der Waals surface area contributed by atoms with Crippen LogP contribution in [0.2, 0.25) is 0 Å². The highest BCUT2D eigenvalue weighted by Crippen LogP contribution is 2.23. The molecule has 2 heterocycles. The monoisotopic (exact) mass is 409 g/mol. The summed E-state index contributed by atoms with van der Waals surface area (Å²) in [5.41, 5.74) is 0.740. The van der Waals surface area contributed by atoms with E-state index in [2.05, 4.69) is 10.3 Å². The third-order valence-electron chi connectivity index (χ3n) is 5.18. The summed E-state index contributed by atoms with van der Waals surface area (Å²) in [5.74, 6) is -0.369. The molecule has 0 radical (unpaired) electrons. The van der Waals surface area contributed by atoms with Crippen molar-refractivity contribution in [3.05, 3.63) is 66.5 Å². The summed E-state index contributed by atoms with van der Waals surface area (Å²) >= 11 is 0. The number of fused-ring (bicyclic) bond motifs is 1. The second-order valence-corrected chi connectivity index (χ2v) is 9.12. The Labute approximate surface area is 170 Å². The van der Waals surface area contributed by atoms with E-state index in [0.29, 0.717) is 24.5 Å². The quantitative estimate of drug-likeness (QED) is 0.705. The molecule has 1 amide bonds. The first-order valence-electron chi connectivity index (χ1n) is 9.81. The average Bonchev–Trinajstić information content (AvgIpc) is 3.04. The molecule has 2 aromatic carbocycles. The fourth-order valence-electron chi connectivity index (χ4n) is 3.66. The molecule has 1 saturated heterocycles. The van der Waals surface area contributed by atoms with Gasteiger partial charge in [0.15, 0.2) is 0 Å². The van der Waals surface area contributed by atoms with Gasteiger partial charge in [0.2, 0.25) is 10.0 Å². The lowest BCUT2D eigenvalue weighted by molar-refractivity contribution is 0.102. The van der Waals surface area contributed by atoms with E-state index >= 15 is 0 Å².